The minimum atomic E-state index is -3.20. The molecule has 1 aromatic carbocycles. The minimum Gasteiger partial charge on any atom is -0.339 e. The largest absolute Gasteiger partial charge is 0.339 e. The van der Waals surface area contributed by atoms with E-state index in [2.05, 4.69) is 10.1 Å². The third-order valence-electron chi connectivity index (χ3n) is 4.52. The maximum absolute atomic E-state index is 12.4. The molecule has 2 heterocycles. The van der Waals surface area contributed by atoms with E-state index in [-0.39, 0.29) is 17.6 Å². The third-order valence-corrected chi connectivity index (χ3v) is 6.41. The van der Waals surface area contributed by atoms with Gasteiger partial charge in [0.05, 0.1) is 11.7 Å². The summed E-state index contributed by atoms with van der Waals surface area (Å²) in [4.78, 5) is 4.49. The maximum Gasteiger partial charge on any atom is 0.231 e. The number of benzene rings is 1. The first kappa shape index (κ1) is 17.1. The Morgan fingerprint density at radius 3 is 2.71 bits per heavy atom. The molecule has 1 aliphatic heterocycles. The van der Waals surface area contributed by atoms with E-state index < -0.39 is 10.0 Å². The van der Waals surface area contributed by atoms with E-state index >= 15 is 0 Å². The van der Waals surface area contributed by atoms with Crippen LogP contribution in [0.1, 0.15) is 38.5 Å². The Balaban J connectivity index is 1.75. The highest BCUT2D eigenvalue weighted by Crippen LogP contribution is 2.34. The van der Waals surface area contributed by atoms with Gasteiger partial charge in [0.2, 0.25) is 21.7 Å². The van der Waals surface area contributed by atoms with Crippen LogP contribution in [0.25, 0.3) is 11.4 Å². The number of hydrogen-bond acceptors (Lipinski definition) is 5. The predicted octanol–water partition coefficient (Wildman–Crippen LogP) is 2.90. The molecular formula is C17H23N3O3S. The van der Waals surface area contributed by atoms with Crippen molar-refractivity contribution in [1.82, 2.24) is 14.4 Å². The minimum absolute atomic E-state index is 0.0497. The quantitative estimate of drug-likeness (QED) is 0.801. The lowest BCUT2D eigenvalue weighted by atomic mass is 9.98. The molecule has 7 heteroatoms. The van der Waals surface area contributed by atoms with Crippen molar-refractivity contribution in [2.75, 3.05) is 18.8 Å². The molecule has 1 aromatic heterocycles. The molecule has 3 rings (SSSR count). The molecule has 2 atom stereocenters. The lowest BCUT2D eigenvalue weighted by molar-refractivity contribution is 0.338. The summed E-state index contributed by atoms with van der Waals surface area (Å²) in [6.45, 7) is 4.96. The Hall–Kier alpha value is -1.73. The molecule has 0 bridgehead atoms. The van der Waals surface area contributed by atoms with Crippen LogP contribution in [0.15, 0.2) is 34.9 Å². The summed E-state index contributed by atoms with van der Waals surface area (Å²) >= 11 is 0. The Bertz CT molecular complexity index is 773. The Labute approximate surface area is 142 Å². The first-order valence-electron chi connectivity index (χ1n) is 8.38. The van der Waals surface area contributed by atoms with Gasteiger partial charge in [0.25, 0.3) is 0 Å². The average molecular weight is 349 g/mol. The molecule has 1 saturated heterocycles. The topological polar surface area (TPSA) is 76.3 Å². The summed E-state index contributed by atoms with van der Waals surface area (Å²) < 4.78 is 31.8. The zero-order valence-corrected chi connectivity index (χ0v) is 14.9. The smallest absolute Gasteiger partial charge is 0.231 e. The van der Waals surface area contributed by atoms with E-state index in [1.165, 1.54) is 0 Å². The highest BCUT2D eigenvalue weighted by Gasteiger charge is 2.39. The molecule has 0 saturated carbocycles. The van der Waals surface area contributed by atoms with Crippen LogP contribution in [-0.4, -0.2) is 41.7 Å². The van der Waals surface area contributed by atoms with Crippen molar-refractivity contribution < 1.29 is 12.9 Å². The molecule has 0 radical (unpaired) electrons. The number of nitrogens with zero attached hydrogens (tertiary/aromatic N) is 3. The van der Waals surface area contributed by atoms with Gasteiger partial charge in [-0.05, 0) is 12.3 Å². The van der Waals surface area contributed by atoms with Crippen LogP contribution in [0, 0.1) is 5.92 Å². The standard InChI is InChI=1S/C17H23N3O3S/c1-3-4-10-24(21,22)20-11-13(2)15(12-20)17-18-16(19-23-17)14-8-6-5-7-9-14/h5-9,13,15H,3-4,10-12H2,1-2H3. The Morgan fingerprint density at radius 2 is 2.00 bits per heavy atom. The molecule has 0 aliphatic carbocycles. The van der Waals surface area contributed by atoms with Gasteiger partial charge >= 0.3 is 0 Å². The van der Waals surface area contributed by atoms with Gasteiger partial charge in [0, 0.05) is 18.7 Å². The van der Waals surface area contributed by atoms with Crippen molar-refractivity contribution in [2.45, 2.75) is 32.6 Å². The number of unbranched alkanes of at least 4 members (excludes halogenated alkanes) is 1. The van der Waals surface area contributed by atoms with Gasteiger partial charge < -0.3 is 4.52 Å². The number of hydrogen-bond donors (Lipinski definition) is 0. The number of sulfonamides is 1. The van der Waals surface area contributed by atoms with Crippen LogP contribution in [0.4, 0.5) is 0 Å². The van der Waals surface area contributed by atoms with Gasteiger partial charge in [0.15, 0.2) is 0 Å². The Kier molecular flexibility index (Phi) is 5.01. The first-order valence-corrected chi connectivity index (χ1v) is 9.99. The average Bonchev–Trinajstić information content (AvgIpc) is 3.20. The second-order valence-corrected chi connectivity index (χ2v) is 8.48. The van der Waals surface area contributed by atoms with Crippen LogP contribution >= 0.6 is 0 Å². The summed E-state index contributed by atoms with van der Waals surface area (Å²) in [5.41, 5.74) is 0.894. The summed E-state index contributed by atoms with van der Waals surface area (Å²) in [7, 11) is -3.20. The second kappa shape index (κ2) is 7.03. The summed E-state index contributed by atoms with van der Waals surface area (Å²) in [6, 6.07) is 9.63. The fourth-order valence-electron chi connectivity index (χ4n) is 3.02. The van der Waals surface area contributed by atoms with Gasteiger partial charge in [0.1, 0.15) is 0 Å². The molecule has 0 N–H and O–H groups in total. The van der Waals surface area contributed by atoms with Gasteiger partial charge in [-0.3, -0.25) is 0 Å². The fourth-order valence-corrected chi connectivity index (χ4v) is 4.78. The van der Waals surface area contributed by atoms with E-state index in [1.54, 1.807) is 4.31 Å². The van der Waals surface area contributed by atoms with Crippen molar-refractivity contribution in [1.29, 1.82) is 0 Å². The highest BCUT2D eigenvalue weighted by molar-refractivity contribution is 7.89. The molecule has 2 unspecified atom stereocenters. The summed E-state index contributed by atoms with van der Waals surface area (Å²) in [5, 5.41) is 4.05. The molecule has 2 aromatic rings. The van der Waals surface area contributed by atoms with Gasteiger partial charge in [-0.15, -0.1) is 0 Å². The van der Waals surface area contributed by atoms with Crippen molar-refractivity contribution in [3.8, 4) is 11.4 Å². The first-order chi connectivity index (χ1) is 11.5. The summed E-state index contributed by atoms with van der Waals surface area (Å²) in [6.07, 6.45) is 1.56. The lowest BCUT2D eigenvalue weighted by Gasteiger charge is -2.15. The fraction of sp³-hybridized carbons (Fsp3) is 0.529. The predicted molar refractivity (Wildman–Crippen MR) is 91.9 cm³/mol. The zero-order valence-electron chi connectivity index (χ0n) is 14.1. The molecule has 24 heavy (non-hydrogen) atoms. The highest BCUT2D eigenvalue weighted by atomic mass is 32.2. The van der Waals surface area contributed by atoms with E-state index in [0.717, 1.165) is 12.0 Å². The van der Waals surface area contributed by atoms with Crippen molar-refractivity contribution >= 4 is 10.0 Å². The van der Waals surface area contributed by atoms with Crippen molar-refractivity contribution in [3.63, 3.8) is 0 Å². The van der Waals surface area contributed by atoms with E-state index in [9.17, 15) is 8.42 Å². The molecule has 0 amide bonds. The molecule has 1 aliphatic rings. The molecule has 130 valence electrons. The molecule has 0 spiro atoms. The van der Waals surface area contributed by atoms with Crippen LogP contribution in [-0.2, 0) is 10.0 Å². The molecule has 6 nitrogen and oxygen atoms in total. The normalized spacial score (nSPS) is 22.1. The lowest BCUT2D eigenvalue weighted by Crippen LogP contribution is -2.31. The van der Waals surface area contributed by atoms with E-state index in [4.69, 9.17) is 4.52 Å². The summed E-state index contributed by atoms with van der Waals surface area (Å²) in [5.74, 6) is 1.39. The second-order valence-electron chi connectivity index (χ2n) is 6.39. The Morgan fingerprint density at radius 1 is 1.25 bits per heavy atom. The SMILES string of the molecule is CCCCS(=O)(=O)N1CC(C)C(c2nc(-c3ccccc3)no2)C1. The van der Waals surface area contributed by atoms with Crippen LogP contribution in [0.3, 0.4) is 0 Å². The van der Waals surface area contributed by atoms with E-state index in [0.29, 0.717) is 31.2 Å². The van der Waals surface area contributed by atoms with Crippen LogP contribution in [0.5, 0.6) is 0 Å². The number of rotatable bonds is 6. The monoisotopic (exact) mass is 349 g/mol. The molecular weight excluding hydrogens is 326 g/mol. The van der Waals surface area contributed by atoms with Crippen LogP contribution in [0.2, 0.25) is 0 Å². The van der Waals surface area contributed by atoms with Crippen molar-refractivity contribution in [3.05, 3.63) is 36.2 Å². The van der Waals surface area contributed by atoms with Gasteiger partial charge in [-0.1, -0.05) is 55.8 Å². The maximum atomic E-state index is 12.4. The van der Waals surface area contributed by atoms with E-state index in [1.807, 2.05) is 44.2 Å². The third kappa shape index (κ3) is 3.52. The van der Waals surface area contributed by atoms with Crippen molar-refractivity contribution in [2.24, 2.45) is 5.92 Å². The van der Waals surface area contributed by atoms with Gasteiger partial charge in [-0.25, -0.2) is 12.7 Å². The van der Waals surface area contributed by atoms with Gasteiger partial charge in [-0.2, -0.15) is 4.98 Å². The van der Waals surface area contributed by atoms with Crippen LogP contribution < -0.4 is 0 Å². The zero-order chi connectivity index (χ0) is 17.2. The number of aromatic nitrogens is 2. The molecule has 1 fully saturated rings.